The lowest BCUT2D eigenvalue weighted by Gasteiger charge is -2.42. The number of likely N-dealkylation sites (tertiary alicyclic amines) is 1. The fourth-order valence-corrected chi connectivity index (χ4v) is 3.99. The van der Waals surface area contributed by atoms with Gasteiger partial charge in [0.2, 0.25) is 0 Å². The van der Waals surface area contributed by atoms with Gasteiger partial charge in [-0.15, -0.1) is 0 Å². The normalized spacial score (nSPS) is 22.8. The van der Waals surface area contributed by atoms with Crippen LogP contribution in [0, 0.1) is 0 Å². The topological polar surface area (TPSA) is 89.1 Å². The summed E-state index contributed by atoms with van der Waals surface area (Å²) in [5, 5.41) is 7.50. The predicted octanol–water partition coefficient (Wildman–Crippen LogP) is 3.25. The van der Waals surface area contributed by atoms with Crippen LogP contribution in [0.1, 0.15) is 60.6 Å². The molecule has 2 aliphatic rings. The van der Waals surface area contributed by atoms with Crippen LogP contribution in [0.15, 0.2) is 24.5 Å². The maximum atomic E-state index is 12.6. The highest BCUT2D eigenvalue weighted by atomic mass is 19.3. The maximum absolute atomic E-state index is 12.6. The summed E-state index contributed by atoms with van der Waals surface area (Å²) in [5.74, 6) is -0.260. The SMILES string of the molecule is NC(=O)c1cn(C2CCC(N3CCC3)CC2)nc1Nc1ccc(C(F)F)nc1. The Kier molecular flexibility index (Phi) is 5.25. The number of primary amides is 1. The van der Waals surface area contributed by atoms with E-state index in [1.54, 1.807) is 6.20 Å². The average molecular weight is 390 g/mol. The monoisotopic (exact) mass is 390 g/mol. The third-order valence-corrected chi connectivity index (χ3v) is 5.72. The summed E-state index contributed by atoms with van der Waals surface area (Å²) in [6.45, 7) is 2.41. The third-order valence-electron chi connectivity index (χ3n) is 5.72. The number of alkyl halides is 2. The van der Waals surface area contributed by atoms with Crippen LogP contribution in [0.5, 0.6) is 0 Å². The summed E-state index contributed by atoms with van der Waals surface area (Å²) in [6.07, 6.45) is 5.90. The van der Waals surface area contributed by atoms with Crippen LogP contribution < -0.4 is 11.1 Å². The summed E-state index contributed by atoms with van der Waals surface area (Å²) in [4.78, 5) is 18.1. The number of nitrogens with zero attached hydrogens (tertiary/aromatic N) is 4. The number of carbonyl (C=O) groups excluding carboxylic acids is 1. The molecule has 1 aliphatic carbocycles. The number of carbonyl (C=O) groups is 1. The number of hydrogen-bond acceptors (Lipinski definition) is 5. The molecule has 4 rings (SSSR count). The molecule has 2 aromatic rings. The van der Waals surface area contributed by atoms with E-state index in [9.17, 15) is 13.6 Å². The van der Waals surface area contributed by atoms with Gasteiger partial charge in [-0.2, -0.15) is 5.10 Å². The number of hydrogen-bond donors (Lipinski definition) is 2. The van der Waals surface area contributed by atoms with Crippen LogP contribution in [0.4, 0.5) is 20.3 Å². The largest absolute Gasteiger partial charge is 0.365 e. The van der Waals surface area contributed by atoms with Gasteiger partial charge in [0.1, 0.15) is 11.3 Å². The van der Waals surface area contributed by atoms with Crippen molar-refractivity contribution in [2.45, 2.75) is 50.6 Å². The van der Waals surface area contributed by atoms with Gasteiger partial charge in [-0.25, -0.2) is 8.78 Å². The Bertz CT molecular complexity index is 825. The van der Waals surface area contributed by atoms with E-state index in [0.29, 0.717) is 17.5 Å². The van der Waals surface area contributed by atoms with Gasteiger partial charge < -0.3 is 16.0 Å². The van der Waals surface area contributed by atoms with Crippen molar-refractivity contribution in [1.82, 2.24) is 19.7 Å². The maximum Gasteiger partial charge on any atom is 0.280 e. The molecule has 0 radical (unpaired) electrons. The van der Waals surface area contributed by atoms with E-state index < -0.39 is 12.3 Å². The van der Waals surface area contributed by atoms with Crippen molar-refractivity contribution in [3.8, 4) is 0 Å². The van der Waals surface area contributed by atoms with Crippen molar-refractivity contribution in [2.75, 3.05) is 18.4 Å². The van der Waals surface area contributed by atoms with Gasteiger partial charge in [0.25, 0.3) is 12.3 Å². The first-order valence-electron chi connectivity index (χ1n) is 9.65. The van der Waals surface area contributed by atoms with Crippen molar-refractivity contribution in [3.63, 3.8) is 0 Å². The summed E-state index contributed by atoms with van der Waals surface area (Å²) >= 11 is 0. The minimum absolute atomic E-state index is 0.227. The first-order valence-corrected chi connectivity index (χ1v) is 9.65. The van der Waals surface area contributed by atoms with Gasteiger partial charge in [-0.05, 0) is 57.3 Å². The van der Waals surface area contributed by atoms with Crippen LogP contribution in [0.3, 0.4) is 0 Å². The van der Waals surface area contributed by atoms with E-state index in [1.807, 2.05) is 4.68 Å². The van der Waals surface area contributed by atoms with Gasteiger partial charge in [0.05, 0.1) is 17.9 Å². The van der Waals surface area contributed by atoms with Crippen molar-refractivity contribution in [3.05, 3.63) is 35.8 Å². The highest BCUT2D eigenvalue weighted by Gasteiger charge is 2.30. The Balaban J connectivity index is 1.47. The van der Waals surface area contributed by atoms with Gasteiger partial charge in [0.15, 0.2) is 5.82 Å². The van der Waals surface area contributed by atoms with Crippen LogP contribution in [0.2, 0.25) is 0 Å². The van der Waals surface area contributed by atoms with Gasteiger partial charge in [-0.1, -0.05) is 0 Å². The first kappa shape index (κ1) is 18.8. The van der Waals surface area contributed by atoms with E-state index in [1.165, 1.54) is 37.8 Å². The van der Waals surface area contributed by atoms with Crippen LogP contribution in [0.25, 0.3) is 0 Å². The average Bonchev–Trinajstić information content (AvgIpc) is 3.05. The molecule has 150 valence electrons. The molecule has 0 atom stereocenters. The minimum Gasteiger partial charge on any atom is -0.365 e. The number of nitrogens with one attached hydrogen (secondary N) is 1. The molecule has 1 amide bonds. The first-order chi connectivity index (χ1) is 13.5. The Morgan fingerprint density at radius 2 is 1.89 bits per heavy atom. The molecule has 0 spiro atoms. The Morgan fingerprint density at radius 3 is 2.43 bits per heavy atom. The molecule has 9 heteroatoms. The number of pyridine rings is 1. The number of rotatable bonds is 6. The fraction of sp³-hybridized carbons (Fsp3) is 0.526. The number of amides is 1. The van der Waals surface area contributed by atoms with Gasteiger partial charge >= 0.3 is 0 Å². The minimum atomic E-state index is -2.62. The molecule has 3 N–H and O–H groups in total. The zero-order valence-corrected chi connectivity index (χ0v) is 15.5. The molecular formula is C19H24F2N6O. The summed E-state index contributed by atoms with van der Waals surface area (Å²) in [7, 11) is 0. The molecule has 1 saturated carbocycles. The van der Waals surface area contributed by atoms with Gasteiger partial charge in [-0.3, -0.25) is 14.5 Å². The van der Waals surface area contributed by atoms with Crippen molar-refractivity contribution in [1.29, 1.82) is 0 Å². The van der Waals surface area contributed by atoms with E-state index >= 15 is 0 Å². The van der Waals surface area contributed by atoms with E-state index in [-0.39, 0.29) is 17.3 Å². The highest BCUT2D eigenvalue weighted by molar-refractivity contribution is 5.98. The Morgan fingerprint density at radius 1 is 1.18 bits per heavy atom. The number of aromatic nitrogens is 3. The van der Waals surface area contributed by atoms with Crippen LogP contribution in [-0.2, 0) is 0 Å². The van der Waals surface area contributed by atoms with Crippen molar-refractivity contribution >= 4 is 17.4 Å². The molecule has 0 unspecified atom stereocenters. The van der Waals surface area contributed by atoms with Gasteiger partial charge in [0, 0.05) is 12.2 Å². The van der Waals surface area contributed by atoms with Crippen LogP contribution in [-0.4, -0.2) is 44.7 Å². The number of anilines is 2. The summed E-state index contributed by atoms with van der Waals surface area (Å²) < 4.78 is 27.1. The molecule has 7 nitrogen and oxygen atoms in total. The third kappa shape index (κ3) is 3.84. The lowest BCUT2D eigenvalue weighted by atomic mass is 9.89. The number of nitrogens with two attached hydrogens (primary N) is 1. The van der Waals surface area contributed by atoms with Crippen molar-refractivity contribution < 1.29 is 13.6 Å². The molecule has 3 heterocycles. The molecule has 2 fully saturated rings. The Labute approximate surface area is 161 Å². The van der Waals surface area contributed by atoms with Crippen LogP contribution >= 0.6 is 0 Å². The fourth-order valence-electron chi connectivity index (χ4n) is 3.99. The molecule has 0 aromatic carbocycles. The smallest absolute Gasteiger partial charge is 0.280 e. The predicted molar refractivity (Wildman–Crippen MR) is 101 cm³/mol. The Hall–Kier alpha value is -2.55. The lowest BCUT2D eigenvalue weighted by molar-refractivity contribution is 0.0787. The van der Waals surface area contributed by atoms with E-state index in [0.717, 1.165) is 25.7 Å². The molecular weight excluding hydrogens is 366 g/mol. The summed E-state index contributed by atoms with van der Waals surface area (Å²) in [6, 6.07) is 3.61. The molecule has 1 aliphatic heterocycles. The zero-order valence-electron chi connectivity index (χ0n) is 15.5. The molecule has 1 saturated heterocycles. The second-order valence-electron chi connectivity index (χ2n) is 7.48. The summed E-state index contributed by atoms with van der Waals surface area (Å²) in [5.41, 5.74) is 5.96. The molecule has 28 heavy (non-hydrogen) atoms. The zero-order chi connectivity index (χ0) is 19.7. The highest BCUT2D eigenvalue weighted by Crippen LogP contribution is 2.33. The quantitative estimate of drug-likeness (QED) is 0.790. The number of halogens is 2. The second-order valence-corrected chi connectivity index (χ2v) is 7.48. The lowest BCUT2D eigenvalue weighted by Crippen LogP contribution is -2.46. The standard InChI is InChI=1S/C19H24F2N6O/c20-17(21)16-7-2-12(10-23-16)24-19-15(18(22)28)11-27(25-19)14-5-3-13(4-6-14)26-8-1-9-26/h2,7,10-11,13-14,17H,1,3-6,8-9H2,(H2,22,28)(H,24,25). The van der Waals surface area contributed by atoms with Crippen molar-refractivity contribution in [2.24, 2.45) is 5.73 Å². The van der Waals surface area contributed by atoms with E-state index in [4.69, 9.17) is 5.73 Å². The molecule has 2 aromatic heterocycles. The van der Waals surface area contributed by atoms with E-state index in [2.05, 4.69) is 20.3 Å². The molecule has 0 bridgehead atoms. The second kappa shape index (κ2) is 7.83.